The first kappa shape index (κ1) is 17.0. The van der Waals surface area contributed by atoms with E-state index in [2.05, 4.69) is 26.1 Å². The van der Waals surface area contributed by atoms with Crippen molar-refractivity contribution in [1.29, 1.82) is 0 Å². The van der Waals surface area contributed by atoms with Crippen LogP contribution in [0.1, 0.15) is 64.5 Å². The van der Waals surface area contributed by atoms with Gasteiger partial charge in [0, 0.05) is 12.1 Å². The monoisotopic (exact) mass is 281 g/mol. The van der Waals surface area contributed by atoms with Gasteiger partial charge in [-0.15, -0.1) is 0 Å². The number of nitrogens with one attached hydrogen (secondary N) is 1. The molecule has 0 radical (unpaired) electrons. The van der Waals surface area contributed by atoms with E-state index in [-0.39, 0.29) is 11.9 Å². The summed E-state index contributed by atoms with van der Waals surface area (Å²) in [6, 6.07) is 5.77. The molecule has 1 rings (SSSR count). The van der Waals surface area contributed by atoms with E-state index >= 15 is 0 Å². The van der Waals surface area contributed by atoms with E-state index in [0.717, 1.165) is 5.56 Å². The predicted molar refractivity (Wildman–Crippen MR) is 82.7 cm³/mol. The number of ether oxygens (including phenoxy) is 1. The molecule has 1 aromatic rings. The van der Waals surface area contributed by atoms with Crippen LogP contribution in [0.5, 0.6) is 5.75 Å². The average molecular weight is 281 g/mol. The van der Waals surface area contributed by atoms with Gasteiger partial charge in [0.2, 0.25) is 0 Å². The molecule has 0 bridgehead atoms. The van der Waals surface area contributed by atoms with E-state index in [0.29, 0.717) is 11.8 Å². The van der Waals surface area contributed by atoms with Crippen LogP contribution in [0.25, 0.3) is 0 Å². The molecule has 0 heterocycles. The zero-order valence-electron chi connectivity index (χ0n) is 13.2. The fraction of sp³-hybridized carbons (Fsp3) is 0.647. The molecule has 0 amide bonds. The Hall–Kier alpha value is -1.09. The molecule has 0 fully saturated rings. The Morgan fingerprint density at radius 2 is 1.95 bits per heavy atom. The van der Waals surface area contributed by atoms with Crippen molar-refractivity contribution in [3.05, 3.63) is 29.6 Å². The van der Waals surface area contributed by atoms with Gasteiger partial charge in [0.1, 0.15) is 0 Å². The fourth-order valence-corrected chi connectivity index (χ4v) is 2.44. The van der Waals surface area contributed by atoms with Crippen LogP contribution in [0, 0.1) is 5.82 Å². The van der Waals surface area contributed by atoms with Gasteiger partial charge in [-0.25, -0.2) is 4.39 Å². The van der Waals surface area contributed by atoms with Crippen molar-refractivity contribution in [2.75, 3.05) is 7.11 Å². The van der Waals surface area contributed by atoms with Crippen molar-refractivity contribution in [2.45, 2.75) is 65.0 Å². The lowest BCUT2D eigenvalue weighted by Gasteiger charge is -2.20. The van der Waals surface area contributed by atoms with Crippen molar-refractivity contribution in [2.24, 2.45) is 0 Å². The largest absolute Gasteiger partial charge is 0.494 e. The minimum absolute atomic E-state index is 0.150. The SMILES string of the molecule is CCCCCCC(C)NC(C)c1ccc(OC)c(F)c1. The fourth-order valence-electron chi connectivity index (χ4n) is 2.44. The van der Waals surface area contributed by atoms with Crippen LogP contribution >= 0.6 is 0 Å². The Kier molecular flexibility index (Phi) is 7.60. The molecule has 0 aromatic heterocycles. The van der Waals surface area contributed by atoms with Gasteiger partial charge < -0.3 is 10.1 Å². The maximum absolute atomic E-state index is 13.7. The first-order valence-electron chi connectivity index (χ1n) is 7.68. The van der Waals surface area contributed by atoms with E-state index in [4.69, 9.17) is 4.74 Å². The highest BCUT2D eigenvalue weighted by molar-refractivity contribution is 5.30. The molecule has 1 N–H and O–H groups in total. The third kappa shape index (κ3) is 5.49. The zero-order chi connectivity index (χ0) is 15.0. The Bertz CT molecular complexity index is 395. The van der Waals surface area contributed by atoms with Crippen molar-refractivity contribution >= 4 is 0 Å². The molecule has 1 aromatic carbocycles. The molecule has 0 saturated carbocycles. The third-order valence-electron chi connectivity index (χ3n) is 3.70. The van der Waals surface area contributed by atoms with E-state index in [9.17, 15) is 4.39 Å². The molecule has 3 heteroatoms. The zero-order valence-corrected chi connectivity index (χ0v) is 13.2. The van der Waals surface area contributed by atoms with Gasteiger partial charge in [-0.05, 0) is 38.0 Å². The maximum atomic E-state index is 13.7. The Morgan fingerprint density at radius 3 is 2.55 bits per heavy atom. The molecule has 20 heavy (non-hydrogen) atoms. The first-order chi connectivity index (χ1) is 9.58. The molecule has 0 aliphatic rings. The number of methoxy groups -OCH3 is 1. The lowest BCUT2D eigenvalue weighted by molar-refractivity contribution is 0.384. The van der Waals surface area contributed by atoms with Gasteiger partial charge in [0.05, 0.1) is 7.11 Å². The summed E-state index contributed by atoms with van der Waals surface area (Å²) in [5, 5.41) is 3.53. The van der Waals surface area contributed by atoms with Crippen LogP contribution < -0.4 is 10.1 Å². The number of halogens is 1. The molecule has 0 aliphatic heterocycles. The molecule has 2 atom stereocenters. The molecule has 0 spiro atoms. The van der Waals surface area contributed by atoms with Gasteiger partial charge in [0.15, 0.2) is 11.6 Å². The molecule has 2 unspecified atom stereocenters. The Balaban J connectivity index is 2.45. The summed E-state index contributed by atoms with van der Waals surface area (Å²) in [6.45, 7) is 6.49. The minimum atomic E-state index is -0.297. The van der Waals surface area contributed by atoms with Gasteiger partial charge in [-0.3, -0.25) is 0 Å². The first-order valence-corrected chi connectivity index (χ1v) is 7.68. The summed E-state index contributed by atoms with van der Waals surface area (Å²) in [5.41, 5.74) is 0.962. The van der Waals surface area contributed by atoms with Crippen molar-refractivity contribution in [1.82, 2.24) is 5.32 Å². The number of unbranched alkanes of at least 4 members (excludes halogenated alkanes) is 3. The van der Waals surface area contributed by atoms with Crippen LogP contribution in [-0.2, 0) is 0 Å². The number of benzene rings is 1. The van der Waals surface area contributed by atoms with Gasteiger partial charge >= 0.3 is 0 Å². The highest BCUT2D eigenvalue weighted by Crippen LogP contribution is 2.22. The smallest absolute Gasteiger partial charge is 0.165 e. The highest BCUT2D eigenvalue weighted by Gasteiger charge is 2.12. The minimum Gasteiger partial charge on any atom is -0.494 e. The quantitative estimate of drug-likeness (QED) is 0.654. The van der Waals surface area contributed by atoms with Crippen LogP contribution in [0.2, 0.25) is 0 Å². The van der Waals surface area contributed by atoms with E-state index in [1.807, 2.05) is 6.07 Å². The molecular formula is C17H28FNO. The van der Waals surface area contributed by atoms with Crippen LogP contribution in [-0.4, -0.2) is 13.2 Å². The third-order valence-corrected chi connectivity index (χ3v) is 3.70. The summed E-state index contributed by atoms with van der Waals surface area (Å²) in [6.07, 6.45) is 6.30. The second kappa shape index (κ2) is 8.96. The molecule has 2 nitrogen and oxygen atoms in total. The second-order valence-corrected chi connectivity index (χ2v) is 5.53. The number of hydrogen-bond acceptors (Lipinski definition) is 2. The average Bonchev–Trinajstić information content (AvgIpc) is 2.43. The molecule has 0 aliphatic carbocycles. The lowest BCUT2D eigenvalue weighted by Crippen LogP contribution is -2.28. The summed E-state index contributed by atoms with van der Waals surface area (Å²) < 4.78 is 18.6. The summed E-state index contributed by atoms with van der Waals surface area (Å²) >= 11 is 0. The topological polar surface area (TPSA) is 21.3 Å². The van der Waals surface area contributed by atoms with E-state index < -0.39 is 0 Å². The van der Waals surface area contributed by atoms with E-state index in [1.54, 1.807) is 12.1 Å². The summed E-state index contributed by atoms with van der Waals surface area (Å²) in [5.74, 6) is 0.00260. The molecule has 0 saturated heterocycles. The van der Waals surface area contributed by atoms with Gasteiger partial charge in [-0.2, -0.15) is 0 Å². The maximum Gasteiger partial charge on any atom is 0.165 e. The van der Waals surface area contributed by atoms with E-state index in [1.165, 1.54) is 39.2 Å². The van der Waals surface area contributed by atoms with Crippen molar-refractivity contribution in [3.8, 4) is 5.75 Å². The summed E-state index contributed by atoms with van der Waals surface area (Å²) in [4.78, 5) is 0. The number of rotatable bonds is 9. The molecule has 114 valence electrons. The normalized spacial score (nSPS) is 14.1. The van der Waals surface area contributed by atoms with Crippen LogP contribution in [0.3, 0.4) is 0 Å². The van der Waals surface area contributed by atoms with Crippen molar-refractivity contribution in [3.63, 3.8) is 0 Å². The Morgan fingerprint density at radius 1 is 1.20 bits per heavy atom. The standard InChI is InChI=1S/C17H28FNO/c1-5-6-7-8-9-13(2)19-14(3)15-10-11-17(20-4)16(18)12-15/h10-14,19H,5-9H2,1-4H3. The predicted octanol–water partition coefficient (Wildman–Crippen LogP) is 4.84. The van der Waals surface area contributed by atoms with Crippen molar-refractivity contribution < 1.29 is 9.13 Å². The summed E-state index contributed by atoms with van der Waals surface area (Å²) in [7, 11) is 1.48. The second-order valence-electron chi connectivity index (χ2n) is 5.53. The lowest BCUT2D eigenvalue weighted by atomic mass is 10.0. The van der Waals surface area contributed by atoms with Crippen LogP contribution in [0.4, 0.5) is 4.39 Å². The number of hydrogen-bond donors (Lipinski definition) is 1. The van der Waals surface area contributed by atoms with Crippen LogP contribution in [0.15, 0.2) is 18.2 Å². The van der Waals surface area contributed by atoms with Gasteiger partial charge in [-0.1, -0.05) is 38.7 Å². The highest BCUT2D eigenvalue weighted by atomic mass is 19.1. The Labute approximate surface area is 122 Å². The molecular weight excluding hydrogens is 253 g/mol. The van der Waals surface area contributed by atoms with Gasteiger partial charge in [0.25, 0.3) is 0 Å².